The van der Waals surface area contributed by atoms with Crippen molar-refractivity contribution < 1.29 is 0 Å². The maximum atomic E-state index is 5.77. The molecule has 0 aliphatic heterocycles. The molecular weight excluding hydrogens is 212 g/mol. The van der Waals surface area contributed by atoms with Crippen molar-refractivity contribution in [3.05, 3.63) is 27.4 Å². The van der Waals surface area contributed by atoms with E-state index in [0.717, 1.165) is 10.7 Å². The number of aromatic nitrogens is 1. The molecule has 2 aromatic rings. The summed E-state index contributed by atoms with van der Waals surface area (Å²) in [5.74, 6) is 0. The van der Waals surface area contributed by atoms with Crippen LogP contribution in [-0.2, 0) is 0 Å². The number of hydrogen-bond acceptors (Lipinski definition) is 4. The molecule has 14 heavy (non-hydrogen) atoms. The molecule has 0 aliphatic rings. The SMILES string of the molecule is Cc1ccsc1-c1csc(C(C)N)n1. The molecule has 2 N–H and O–H groups in total. The Balaban J connectivity index is 2.39. The van der Waals surface area contributed by atoms with Gasteiger partial charge in [0.15, 0.2) is 0 Å². The van der Waals surface area contributed by atoms with Gasteiger partial charge in [0.25, 0.3) is 0 Å². The molecular formula is C10H12N2S2. The third-order valence-corrected chi connectivity index (χ3v) is 4.09. The van der Waals surface area contributed by atoms with Crippen LogP contribution in [0, 0.1) is 6.92 Å². The van der Waals surface area contributed by atoms with Gasteiger partial charge in [-0.3, -0.25) is 0 Å². The summed E-state index contributed by atoms with van der Waals surface area (Å²) in [5.41, 5.74) is 8.12. The van der Waals surface area contributed by atoms with Crippen LogP contribution in [0.5, 0.6) is 0 Å². The third kappa shape index (κ3) is 1.73. The van der Waals surface area contributed by atoms with Gasteiger partial charge >= 0.3 is 0 Å². The largest absolute Gasteiger partial charge is 0.322 e. The van der Waals surface area contributed by atoms with E-state index in [0.29, 0.717) is 0 Å². The minimum atomic E-state index is 0.0361. The van der Waals surface area contributed by atoms with Gasteiger partial charge < -0.3 is 5.73 Å². The standard InChI is InChI=1S/C10H12N2S2/c1-6-3-4-13-9(6)8-5-14-10(12-8)7(2)11/h3-5,7H,11H2,1-2H3. The van der Waals surface area contributed by atoms with Crippen molar-refractivity contribution >= 4 is 22.7 Å². The maximum absolute atomic E-state index is 5.77. The van der Waals surface area contributed by atoms with Crippen LogP contribution < -0.4 is 5.73 Å². The zero-order valence-corrected chi connectivity index (χ0v) is 9.78. The summed E-state index contributed by atoms with van der Waals surface area (Å²) in [4.78, 5) is 5.77. The first-order chi connectivity index (χ1) is 6.68. The van der Waals surface area contributed by atoms with Gasteiger partial charge in [-0.05, 0) is 30.9 Å². The number of thiophene rings is 1. The van der Waals surface area contributed by atoms with Gasteiger partial charge in [-0.25, -0.2) is 4.98 Å². The highest BCUT2D eigenvalue weighted by Gasteiger charge is 2.10. The van der Waals surface area contributed by atoms with Gasteiger partial charge in [0.05, 0.1) is 16.6 Å². The molecule has 0 saturated carbocycles. The van der Waals surface area contributed by atoms with Gasteiger partial charge in [0, 0.05) is 5.38 Å². The van der Waals surface area contributed by atoms with E-state index in [1.807, 2.05) is 6.92 Å². The number of nitrogens with two attached hydrogens (primary N) is 1. The normalized spacial score (nSPS) is 13.1. The van der Waals surface area contributed by atoms with Crippen LogP contribution in [0.1, 0.15) is 23.5 Å². The highest BCUT2D eigenvalue weighted by molar-refractivity contribution is 7.14. The number of thiazole rings is 1. The van der Waals surface area contributed by atoms with Crippen LogP contribution in [0.2, 0.25) is 0 Å². The molecule has 2 aromatic heterocycles. The van der Waals surface area contributed by atoms with E-state index in [-0.39, 0.29) is 6.04 Å². The Kier molecular flexibility index (Phi) is 2.67. The average Bonchev–Trinajstić information content (AvgIpc) is 2.71. The minimum Gasteiger partial charge on any atom is -0.322 e. The van der Waals surface area contributed by atoms with Crippen molar-refractivity contribution in [3.8, 4) is 10.6 Å². The second-order valence-electron chi connectivity index (χ2n) is 3.29. The average molecular weight is 224 g/mol. The fourth-order valence-electron chi connectivity index (χ4n) is 1.24. The Bertz CT molecular complexity index is 429. The summed E-state index contributed by atoms with van der Waals surface area (Å²) in [6.45, 7) is 4.07. The highest BCUT2D eigenvalue weighted by Crippen LogP contribution is 2.30. The molecule has 0 bridgehead atoms. The number of rotatable bonds is 2. The number of aryl methyl sites for hydroxylation is 1. The molecule has 2 heterocycles. The number of hydrogen-bond donors (Lipinski definition) is 1. The summed E-state index contributed by atoms with van der Waals surface area (Å²) in [7, 11) is 0. The predicted octanol–water partition coefficient (Wildman–Crippen LogP) is 3.20. The first-order valence-electron chi connectivity index (χ1n) is 4.44. The zero-order chi connectivity index (χ0) is 10.1. The quantitative estimate of drug-likeness (QED) is 0.850. The lowest BCUT2D eigenvalue weighted by Gasteiger charge is -1.97. The highest BCUT2D eigenvalue weighted by atomic mass is 32.1. The zero-order valence-electron chi connectivity index (χ0n) is 8.15. The van der Waals surface area contributed by atoms with Crippen molar-refractivity contribution in [2.24, 2.45) is 5.73 Å². The Hall–Kier alpha value is -0.710. The first kappa shape index (κ1) is 9.83. The summed E-state index contributed by atoms with van der Waals surface area (Å²) in [6, 6.07) is 2.15. The van der Waals surface area contributed by atoms with E-state index in [1.54, 1.807) is 22.7 Å². The van der Waals surface area contributed by atoms with E-state index < -0.39 is 0 Å². The molecule has 0 spiro atoms. The van der Waals surface area contributed by atoms with Crippen LogP contribution in [-0.4, -0.2) is 4.98 Å². The van der Waals surface area contributed by atoms with Crippen molar-refractivity contribution in [1.82, 2.24) is 4.98 Å². The van der Waals surface area contributed by atoms with Crippen LogP contribution in [0.25, 0.3) is 10.6 Å². The Morgan fingerprint density at radius 3 is 2.71 bits per heavy atom. The van der Waals surface area contributed by atoms with E-state index >= 15 is 0 Å². The van der Waals surface area contributed by atoms with Gasteiger partial charge in [0.2, 0.25) is 0 Å². The lowest BCUT2D eigenvalue weighted by atomic mass is 10.2. The monoisotopic (exact) mass is 224 g/mol. The summed E-state index contributed by atoms with van der Waals surface area (Å²) in [5, 5.41) is 5.18. The van der Waals surface area contributed by atoms with Crippen molar-refractivity contribution in [2.45, 2.75) is 19.9 Å². The lowest BCUT2D eigenvalue weighted by molar-refractivity contribution is 0.808. The third-order valence-electron chi connectivity index (χ3n) is 2.01. The van der Waals surface area contributed by atoms with Crippen LogP contribution in [0.4, 0.5) is 0 Å². The maximum Gasteiger partial charge on any atom is 0.110 e. The second-order valence-corrected chi connectivity index (χ2v) is 5.10. The molecule has 2 rings (SSSR count). The van der Waals surface area contributed by atoms with Gasteiger partial charge in [-0.1, -0.05) is 0 Å². The van der Waals surface area contributed by atoms with Gasteiger partial charge in [0.1, 0.15) is 5.01 Å². The molecule has 0 aromatic carbocycles. The first-order valence-corrected chi connectivity index (χ1v) is 6.20. The van der Waals surface area contributed by atoms with Crippen molar-refractivity contribution in [1.29, 1.82) is 0 Å². The molecule has 74 valence electrons. The van der Waals surface area contributed by atoms with Crippen LogP contribution in [0.15, 0.2) is 16.8 Å². The van der Waals surface area contributed by atoms with E-state index in [9.17, 15) is 0 Å². The molecule has 0 radical (unpaired) electrons. The minimum absolute atomic E-state index is 0.0361. The number of nitrogens with zero attached hydrogens (tertiary/aromatic N) is 1. The molecule has 0 aliphatic carbocycles. The molecule has 0 saturated heterocycles. The fourth-order valence-corrected chi connectivity index (χ4v) is 2.97. The van der Waals surface area contributed by atoms with E-state index in [4.69, 9.17) is 5.73 Å². The Morgan fingerprint density at radius 1 is 1.43 bits per heavy atom. The van der Waals surface area contributed by atoms with Crippen LogP contribution in [0.3, 0.4) is 0 Å². The lowest BCUT2D eigenvalue weighted by Crippen LogP contribution is -2.03. The summed E-state index contributed by atoms with van der Waals surface area (Å²) in [6.07, 6.45) is 0. The molecule has 1 atom stereocenters. The summed E-state index contributed by atoms with van der Waals surface area (Å²) >= 11 is 3.37. The predicted molar refractivity (Wildman–Crippen MR) is 62.8 cm³/mol. The van der Waals surface area contributed by atoms with Gasteiger partial charge in [-0.2, -0.15) is 0 Å². The Morgan fingerprint density at radius 2 is 2.21 bits per heavy atom. The second kappa shape index (κ2) is 3.81. The molecule has 4 heteroatoms. The van der Waals surface area contributed by atoms with E-state index in [2.05, 4.69) is 28.7 Å². The van der Waals surface area contributed by atoms with Crippen LogP contribution >= 0.6 is 22.7 Å². The van der Waals surface area contributed by atoms with Crippen molar-refractivity contribution in [3.63, 3.8) is 0 Å². The molecule has 0 fully saturated rings. The summed E-state index contributed by atoms with van der Waals surface area (Å²) < 4.78 is 0. The van der Waals surface area contributed by atoms with E-state index in [1.165, 1.54) is 10.4 Å². The van der Waals surface area contributed by atoms with Crippen molar-refractivity contribution in [2.75, 3.05) is 0 Å². The molecule has 2 nitrogen and oxygen atoms in total. The topological polar surface area (TPSA) is 38.9 Å². The molecule has 1 unspecified atom stereocenters. The molecule has 0 amide bonds. The Labute approximate surface area is 91.4 Å². The van der Waals surface area contributed by atoms with Gasteiger partial charge in [-0.15, -0.1) is 22.7 Å². The smallest absolute Gasteiger partial charge is 0.110 e. The fraction of sp³-hybridized carbons (Fsp3) is 0.300.